The summed E-state index contributed by atoms with van der Waals surface area (Å²) in [7, 11) is 0. The van der Waals surface area contributed by atoms with E-state index in [9.17, 15) is 4.79 Å². The van der Waals surface area contributed by atoms with Crippen LogP contribution in [0.1, 0.15) is 17.8 Å². The van der Waals surface area contributed by atoms with Gasteiger partial charge in [0.2, 0.25) is 5.91 Å². The first-order valence-electron chi connectivity index (χ1n) is 4.02. The number of hydrogen-bond donors (Lipinski definition) is 1. The van der Waals surface area contributed by atoms with Crippen LogP contribution < -0.4 is 5.32 Å². The second-order valence-electron chi connectivity index (χ2n) is 3.00. The Morgan fingerprint density at radius 3 is 3.08 bits per heavy atom. The van der Waals surface area contributed by atoms with Crippen molar-refractivity contribution in [2.45, 2.75) is 19.8 Å². The SMILES string of the molecule is Cc1ccc2c(n1)CCC(=O)N2. The molecule has 1 aliphatic rings. The molecule has 2 heterocycles. The summed E-state index contributed by atoms with van der Waals surface area (Å²) < 4.78 is 0. The normalized spacial score (nSPS) is 15.2. The zero-order valence-corrected chi connectivity index (χ0v) is 6.92. The third kappa shape index (κ3) is 1.18. The minimum absolute atomic E-state index is 0.0909. The van der Waals surface area contributed by atoms with E-state index in [1.165, 1.54) is 0 Å². The molecule has 0 fully saturated rings. The molecule has 0 unspecified atom stereocenters. The molecule has 62 valence electrons. The number of amides is 1. The molecule has 1 aliphatic heterocycles. The van der Waals surface area contributed by atoms with Gasteiger partial charge >= 0.3 is 0 Å². The van der Waals surface area contributed by atoms with Gasteiger partial charge in [-0.05, 0) is 19.1 Å². The van der Waals surface area contributed by atoms with Crippen LogP contribution in [-0.4, -0.2) is 10.9 Å². The molecule has 0 radical (unpaired) electrons. The van der Waals surface area contributed by atoms with E-state index in [-0.39, 0.29) is 5.91 Å². The van der Waals surface area contributed by atoms with Gasteiger partial charge in [-0.15, -0.1) is 0 Å². The van der Waals surface area contributed by atoms with E-state index in [1.54, 1.807) is 0 Å². The summed E-state index contributed by atoms with van der Waals surface area (Å²) in [4.78, 5) is 15.3. The lowest BCUT2D eigenvalue weighted by molar-refractivity contribution is -0.116. The molecular formula is C9H10N2O. The molecule has 0 aromatic carbocycles. The van der Waals surface area contributed by atoms with Crippen molar-refractivity contribution in [3.8, 4) is 0 Å². The van der Waals surface area contributed by atoms with E-state index in [0.717, 1.165) is 23.5 Å². The molecule has 3 nitrogen and oxygen atoms in total. The smallest absolute Gasteiger partial charge is 0.224 e. The molecule has 12 heavy (non-hydrogen) atoms. The quantitative estimate of drug-likeness (QED) is 0.624. The van der Waals surface area contributed by atoms with Gasteiger partial charge in [0.05, 0.1) is 11.4 Å². The van der Waals surface area contributed by atoms with Crippen molar-refractivity contribution in [1.29, 1.82) is 0 Å². The summed E-state index contributed by atoms with van der Waals surface area (Å²) in [5.41, 5.74) is 2.89. The van der Waals surface area contributed by atoms with Crippen molar-refractivity contribution in [2.24, 2.45) is 0 Å². The average molecular weight is 162 g/mol. The minimum Gasteiger partial charge on any atom is -0.324 e. The molecule has 0 atom stereocenters. The molecule has 1 N–H and O–H groups in total. The highest BCUT2D eigenvalue weighted by Crippen LogP contribution is 2.19. The minimum atomic E-state index is 0.0909. The lowest BCUT2D eigenvalue weighted by Crippen LogP contribution is -2.19. The van der Waals surface area contributed by atoms with Crippen LogP contribution in [0.2, 0.25) is 0 Å². The standard InChI is InChI=1S/C9H10N2O/c1-6-2-3-8-7(10-6)4-5-9(12)11-8/h2-3H,4-5H2,1H3,(H,11,12). The molecule has 2 rings (SSSR count). The lowest BCUT2D eigenvalue weighted by atomic mass is 10.1. The number of rotatable bonds is 0. The molecule has 1 aromatic rings. The van der Waals surface area contributed by atoms with E-state index in [2.05, 4.69) is 10.3 Å². The molecule has 1 aromatic heterocycles. The van der Waals surface area contributed by atoms with Gasteiger partial charge < -0.3 is 5.32 Å². The van der Waals surface area contributed by atoms with Crippen LogP contribution in [0.25, 0.3) is 0 Å². The molecule has 1 amide bonds. The first kappa shape index (κ1) is 7.28. The fourth-order valence-corrected chi connectivity index (χ4v) is 1.36. The highest BCUT2D eigenvalue weighted by molar-refractivity contribution is 5.93. The maximum Gasteiger partial charge on any atom is 0.224 e. The van der Waals surface area contributed by atoms with Gasteiger partial charge in [-0.25, -0.2) is 0 Å². The van der Waals surface area contributed by atoms with E-state index < -0.39 is 0 Å². The summed E-state index contributed by atoms with van der Waals surface area (Å²) in [6, 6.07) is 3.82. The van der Waals surface area contributed by atoms with E-state index in [1.807, 2.05) is 19.1 Å². The van der Waals surface area contributed by atoms with Crippen LogP contribution in [0.5, 0.6) is 0 Å². The predicted molar refractivity (Wildman–Crippen MR) is 45.9 cm³/mol. The first-order chi connectivity index (χ1) is 5.75. The highest BCUT2D eigenvalue weighted by atomic mass is 16.1. The number of aromatic nitrogens is 1. The largest absolute Gasteiger partial charge is 0.324 e. The van der Waals surface area contributed by atoms with Crippen LogP contribution >= 0.6 is 0 Å². The number of carbonyl (C=O) groups excluding carboxylic acids is 1. The van der Waals surface area contributed by atoms with Crippen LogP contribution in [0.3, 0.4) is 0 Å². The fraction of sp³-hybridized carbons (Fsp3) is 0.333. The number of nitrogens with one attached hydrogen (secondary N) is 1. The Labute approximate surface area is 70.8 Å². The van der Waals surface area contributed by atoms with Crippen molar-refractivity contribution >= 4 is 11.6 Å². The number of fused-ring (bicyclic) bond motifs is 1. The Morgan fingerprint density at radius 2 is 2.25 bits per heavy atom. The van der Waals surface area contributed by atoms with Crippen LogP contribution in [0.15, 0.2) is 12.1 Å². The molecule has 0 aliphatic carbocycles. The summed E-state index contributed by atoms with van der Waals surface area (Å²) >= 11 is 0. The van der Waals surface area contributed by atoms with Gasteiger partial charge in [0.15, 0.2) is 0 Å². The molecule has 3 heteroatoms. The number of anilines is 1. The third-order valence-corrected chi connectivity index (χ3v) is 1.98. The summed E-state index contributed by atoms with van der Waals surface area (Å²) in [6.07, 6.45) is 1.33. The average Bonchev–Trinajstić information content (AvgIpc) is 2.05. The molecular weight excluding hydrogens is 152 g/mol. The van der Waals surface area contributed by atoms with Gasteiger partial charge in [0, 0.05) is 18.5 Å². The van der Waals surface area contributed by atoms with Crippen LogP contribution in [-0.2, 0) is 11.2 Å². The number of carbonyl (C=O) groups is 1. The molecule has 0 saturated carbocycles. The number of hydrogen-bond acceptors (Lipinski definition) is 2. The van der Waals surface area contributed by atoms with Gasteiger partial charge in [-0.1, -0.05) is 0 Å². The first-order valence-corrected chi connectivity index (χ1v) is 4.02. The molecule has 0 bridgehead atoms. The van der Waals surface area contributed by atoms with Crippen molar-refractivity contribution in [3.63, 3.8) is 0 Å². The van der Waals surface area contributed by atoms with Crippen LogP contribution in [0.4, 0.5) is 5.69 Å². The Kier molecular flexibility index (Phi) is 1.57. The zero-order valence-electron chi connectivity index (χ0n) is 6.92. The zero-order chi connectivity index (χ0) is 8.55. The Balaban J connectivity index is 2.43. The van der Waals surface area contributed by atoms with Crippen molar-refractivity contribution in [2.75, 3.05) is 5.32 Å². The number of pyridine rings is 1. The van der Waals surface area contributed by atoms with Crippen molar-refractivity contribution < 1.29 is 4.79 Å². The van der Waals surface area contributed by atoms with Gasteiger partial charge in [0.1, 0.15) is 0 Å². The molecule has 0 spiro atoms. The van der Waals surface area contributed by atoms with E-state index >= 15 is 0 Å². The van der Waals surface area contributed by atoms with Crippen molar-refractivity contribution in [1.82, 2.24) is 4.98 Å². The van der Waals surface area contributed by atoms with Gasteiger partial charge in [0.25, 0.3) is 0 Å². The maximum atomic E-state index is 11.0. The lowest BCUT2D eigenvalue weighted by Gasteiger charge is -2.15. The Morgan fingerprint density at radius 1 is 1.42 bits per heavy atom. The Hall–Kier alpha value is -1.38. The summed E-state index contributed by atoms with van der Waals surface area (Å²) in [5.74, 6) is 0.0909. The van der Waals surface area contributed by atoms with E-state index in [0.29, 0.717) is 6.42 Å². The second-order valence-corrected chi connectivity index (χ2v) is 3.00. The second kappa shape index (κ2) is 2.59. The van der Waals surface area contributed by atoms with Gasteiger partial charge in [-0.3, -0.25) is 9.78 Å². The summed E-state index contributed by atoms with van der Waals surface area (Å²) in [6.45, 7) is 1.96. The number of nitrogens with zero attached hydrogens (tertiary/aromatic N) is 1. The molecule has 0 saturated heterocycles. The Bertz CT molecular complexity index is 333. The predicted octanol–water partition coefficient (Wildman–Crippen LogP) is 1.27. The van der Waals surface area contributed by atoms with Crippen LogP contribution in [0, 0.1) is 6.92 Å². The fourth-order valence-electron chi connectivity index (χ4n) is 1.36. The third-order valence-electron chi connectivity index (χ3n) is 1.98. The number of aryl methyl sites for hydroxylation is 2. The highest BCUT2D eigenvalue weighted by Gasteiger charge is 2.14. The van der Waals surface area contributed by atoms with Gasteiger partial charge in [-0.2, -0.15) is 0 Å². The topological polar surface area (TPSA) is 42.0 Å². The monoisotopic (exact) mass is 162 g/mol. The van der Waals surface area contributed by atoms with E-state index in [4.69, 9.17) is 0 Å². The maximum absolute atomic E-state index is 11.0. The van der Waals surface area contributed by atoms with Crippen molar-refractivity contribution in [3.05, 3.63) is 23.5 Å². The summed E-state index contributed by atoms with van der Waals surface area (Å²) in [5, 5.41) is 2.79.